The van der Waals surface area contributed by atoms with Crippen molar-refractivity contribution in [2.75, 3.05) is 0 Å². The van der Waals surface area contributed by atoms with Crippen molar-refractivity contribution >= 4 is 11.3 Å². The summed E-state index contributed by atoms with van der Waals surface area (Å²) in [6.07, 6.45) is 2.87. The topological polar surface area (TPSA) is 38.5 Å². The van der Waals surface area contributed by atoms with Crippen molar-refractivity contribution in [2.24, 2.45) is 5.73 Å². The highest BCUT2D eigenvalue weighted by Crippen LogP contribution is 2.35. The molecule has 1 aromatic heterocycles. The number of hydroxylamine groups is 2. The lowest BCUT2D eigenvalue weighted by atomic mass is 10.1. The van der Waals surface area contributed by atoms with Gasteiger partial charge in [0.15, 0.2) is 0 Å². The Morgan fingerprint density at radius 3 is 2.81 bits per heavy atom. The van der Waals surface area contributed by atoms with Crippen LogP contribution in [0.15, 0.2) is 48.4 Å². The van der Waals surface area contributed by atoms with Gasteiger partial charge in [-0.05, 0) is 24.6 Å². The number of hydrogen-bond acceptors (Lipinski definition) is 4. The van der Waals surface area contributed by atoms with Gasteiger partial charge in [0.25, 0.3) is 0 Å². The minimum absolute atomic E-state index is 0.0603. The van der Waals surface area contributed by atoms with Crippen LogP contribution in [0.1, 0.15) is 28.3 Å². The predicted molar refractivity (Wildman–Crippen MR) is 81.7 cm³/mol. The zero-order chi connectivity index (χ0) is 14.8. The van der Waals surface area contributed by atoms with Crippen LogP contribution in [0.2, 0.25) is 0 Å². The fourth-order valence-corrected chi connectivity index (χ4v) is 3.38. The molecule has 5 heteroatoms. The van der Waals surface area contributed by atoms with Gasteiger partial charge in [-0.3, -0.25) is 0 Å². The van der Waals surface area contributed by atoms with Crippen LogP contribution >= 0.6 is 11.3 Å². The standard InChI is InChI=1S/C16H17FN2OS/c1-2-12-7-8-15(21-12)14-9-16(18)20-19(14)10-11-5-3-4-6-13(11)17/h3-9,14H,2,10,18H2,1H3. The molecule has 3 nitrogen and oxygen atoms in total. The maximum atomic E-state index is 13.8. The van der Waals surface area contributed by atoms with E-state index in [1.807, 2.05) is 12.1 Å². The second-order valence-electron chi connectivity index (χ2n) is 4.93. The van der Waals surface area contributed by atoms with Gasteiger partial charge in [0.2, 0.25) is 5.88 Å². The molecule has 0 saturated heterocycles. The monoisotopic (exact) mass is 304 g/mol. The van der Waals surface area contributed by atoms with Crippen LogP contribution in [-0.2, 0) is 17.8 Å². The highest BCUT2D eigenvalue weighted by molar-refractivity contribution is 7.12. The third kappa shape index (κ3) is 2.94. The van der Waals surface area contributed by atoms with Gasteiger partial charge in [-0.2, -0.15) is 0 Å². The molecule has 0 saturated carbocycles. The van der Waals surface area contributed by atoms with E-state index in [1.165, 1.54) is 10.9 Å². The third-order valence-electron chi connectivity index (χ3n) is 3.46. The first-order chi connectivity index (χ1) is 10.2. The molecule has 0 amide bonds. The zero-order valence-electron chi connectivity index (χ0n) is 11.8. The first-order valence-electron chi connectivity index (χ1n) is 6.91. The predicted octanol–water partition coefficient (Wildman–Crippen LogP) is 3.74. The Hall–Kier alpha value is -1.85. The van der Waals surface area contributed by atoms with E-state index in [9.17, 15) is 4.39 Å². The lowest BCUT2D eigenvalue weighted by Gasteiger charge is -2.22. The molecule has 0 spiro atoms. The van der Waals surface area contributed by atoms with Crippen molar-refractivity contribution in [1.29, 1.82) is 0 Å². The van der Waals surface area contributed by atoms with E-state index in [0.29, 0.717) is 18.0 Å². The van der Waals surface area contributed by atoms with Gasteiger partial charge in [0, 0.05) is 21.4 Å². The second-order valence-corrected chi connectivity index (χ2v) is 6.13. The molecular weight excluding hydrogens is 287 g/mol. The Bertz CT molecular complexity index is 668. The summed E-state index contributed by atoms with van der Waals surface area (Å²) in [5, 5.41) is 1.72. The normalized spacial score (nSPS) is 18.6. The van der Waals surface area contributed by atoms with Gasteiger partial charge < -0.3 is 10.6 Å². The Morgan fingerprint density at radius 1 is 1.29 bits per heavy atom. The van der Waals surface area contributed by atoms with Crippen LogP contribution in [0.3, 0.4) is 0 Å². The van der Waals surface area contributed by atoms with Crippen molar-refractivity contribution in [3.05, 3.63) is 69.5 Å². The van der Waals surface area contributed by atoms with Crippen molar-refractivity contribution < 1.29 is 9.23 Å². The van der Waals surface area contributed by atoms with Crippen molar-refractivity contribution in [2.45, 2.75) is 25.9 Å². The number of aryl methyl sites for hydroxylation is 1. The van der Waals surface area contributed by atoms with Gasteiger partial charge in [0.05, 0.1) is 6.54 Å². The second kappa shape index (κ2) is 5.87. The highest BCUT2D eigenvalue weighted by atomic mass is 32.1. The molecule has 1 unspecified atom stereocenters. The molecule has 1 aromatic carbocycles. The molecule has 110 valence electrons. The molecule has 1 aliphatic rings. The Morgan fingerprint density at radius 2 is 2.10 bits per heavy atom. The smallest absolute Gasteiger partial charge is 0.207 e. The summed E-state index contributed by atoms with van der Waals surface area (Å²) in [5.74, 6) is 0.133. The van der Waals surface area contributed by atoms with E-state index < -0.39 is 0 Å². The van der Waals surface area contributed by atoms with Gasteiger partial charge in [-0.1, -0.05) is 25.1 Å². The number of halogens is 1. The van der Waals surface area contributed by atoms with E-state index in [1.54, 1.807) is 28.5 Å². The Kier molecular flexibility index (Phi) is 3.94. The summed E-state index contributed by atoms with van der Waals surface area (Å²) in [6, 6.07) is 10.9. The van der Waals surface area contributed by atoms with Gasteiger partial charge in [-0.15, -0.1) is 16.4 Å². The first-order valence-corrected chi connectivity index (χ1v) is 7.73. The average molecular weight is 304 g/mol. The first kappa shape index (κ1) is 14.1. The summed E-state index contributed by atoms with van der Waals surface area (Å²) >= 11 is 1.74. The summed E-state index contributed by atoms with van der Waals surface area (Å²) in [4.78, 5) is 8.01. The van der Waals surface area contributed by atoms with Crippen LogP contribution in [0, 0.1) is 5.82 Å². The van der Waals surface area contributed by atoms with Crippen LogP contribution in [0.25, 0.3) is 0 Å². The minimum atomic E-state index is -0.231. The number of nitrogens with two attached hydrogens (primary N) is 1. The quantitative estimate of drug-likeness (QED) is 0.935. The van der Waals surface area contributed by atoms with Gasteiger partial charge in [0.1, 0.15) is 11.9 Å². The van der Waals surface area contributed by atoms with E-state index in [0.717, 1.165) is 11.3 Å². The summed E-state index contributed by atoms with van der Waals surface area (Å²) in [6.45, 7) is 2.48. The van der Waals surface area contributed by atoms with E-state index in [-0.39, 0.29) is 11.9 Å². The summed E-state index contributed by atoms with van der Waals surface area (Å²) < 4.78 is 13.8. The molecule has 21 heavy (non-hydrogen) atoms. The third-order valence-corrected chi connectivity index (χ3v) is 4.76. The molecule has 2 heterocycles. The molecule has 0 bridgehead atoms. The number of hydrogen-bond donors (Lipinski definition) is 1. The lowest BCUT2D eigenvalue weighted by molar-refractivity contribution is -0.127. The van der Waals surface area contributed by atoms with Gasteiger partial charge in [-0.25, -0.2) is 4.39 Å². The Balaban J connectivity index is 1.83. The van der Waals surface area contributed by atoms with Gasteiger partial charge >= 0.3 is 0 Å². The molecule has 3 rings (SSSR count). The maximum Gasteiger partial charge on any atom is 0.207 e. The minimum Gasteiger partial charge on any atom is -0.387 e. The molecule has 0 radical (unpaired) electrons. The van der Waals surface area contributed by atoms with Crippen LogP contribution in [0.4, 0.5) is 4.39 Å². The maximum absolute atomic E-state index is 13.8. The van der Waals surface area contributed by atoms with Crippen LogP contribution < -0.4 is 5.73 Å². The van der Waals surface area contributed by atoms with E-state index in [2.05, 4.69) is 19.1 Å². The van der Waals surface area contributed by atoms with E-state index in [4.69, 9.17) is 10.6 Å². The fraction of sp³-hybridized carbons (Fsp3) is 0.250. The van der Waals surface area contributed by atoms with Crippen molar-refractivity contribution in [3.63, 3.8) is 0 Å². The number of thiophene rings is 1. The van der Waals surface area contributed by atoms with Crippen molar-refractivity contribution in [1.82, 2.24) is 5.06 Å². The molecule has 1 atom stereocenters. The molecule has 0 aliphatic carbocycles. The highest BCUT2D eigenvalue weighted by Gasteiger charge is 2.29. The molecule has 2 N–H and O–H groups in total. The van der Waals surface area contributed by atoms with E-state index >= 15 is 0 Å². The Labute approximate surface area is 127 Å². The molecule has 0 fully saturated rings. The van der Waals surface area contributed by atoms with Crippen LogP contribution in [-0.4, -0.2) is 5.06 Å². The fourth-order valence-electron chi connectivity index (χ4n) is 2.35. The van der Waals surface area contributed by atoms with Crippen molar-refractivity contribution in [3.8, 4) is 0 Å². The number of nitrogens with zero attached hydrogens (tertiary/aromatic N) is 1. The zero-order valence-corrected chi connectivity index (χ0v) is 12.6. The summed E-state index contributed by atoms with van der Waals surface area (Å²) in [7, 11) is 0. The SMILES string of the molecule is CCc1ccc(C2C=C(N)ON2Cc2ccccc2F)s1. The van der Waals surface area contributed by atoms with Crippen LogP contribution in [0.5, 0.6) is 0 Å². The molecule has 2 aromatic rings. The average Bonchev–Trinajstić information content (AvgIpc) is 3.07. The number of rotatable bonds is 4. The largest absolute Gasteiger partial charge is 0.387 e. The number of benzene rings is 1. The summed E-state index contributed by atoms with van der Waals surface area (Å²) in [5.41, 5.74) is 6.39. The molecular formula is C16H17FN2OS. The molecule has 1 aliphatic heterocycles. The lowest BCUT2D eigenvalue weighted by Crippen LogP contribution is -2.23.